The van der Waals surface area contributed by atoms with Crippen LogP contribution in [0.4, 0.5) is 5.69 Å². The highest BCUT2D eigenvalue weighted by atomic mass is 35.5. The third-order valence-corrected chi connectivity index (χ3v) is 5.18. The molecule has 3 rings (SSSR count). The standard InChI is InChI=1S/C17H16ClN3O3S/c1-10-13-16(19-9-21(17(13)23)6-7-24-2)25-14(10)15(22)20-12-5-3-4-11(18)8-12/h3-5,8-9H,6-7H2,1-2H3,(H,20,22). The highest BCUT2D eigenvalue weighted by Crippen LogP contribution is 2.28. The third-order valence-electron chi connectivity index (χ3n) is 3.74. The number of carbonyl (C=O) groups excluding carboxylic acids is 1. The molecular formula is C17H16ClN3O3S. The predicted molar refractivity (Wildman–Crippen MR) is 99.9 cm³/mol. The number of carbonyl (C=O) groups is 1. The van der Waals surface area contributed by atoms with E-state index in [0.717, 1.165) is 0 Å². The Kier molecular flexibility index (Phi) is 5.17. The molecule has 0 fully saturated rings. The Morgan fingerprint density at radius 2 is 2.24 bits per heavy atom. The topological polar surface area (TPSA) is 73.2 Å². The first-order valence-electron chi connectivity index (χ1n) is 7.55. The number of nitrogens with one attached hydrogen (secondary N) is 1. The van der Waals surface area contributed by atoms with E-state index in [0.29, 0.717) is 44.5 Å². The van der Waals surface area contributed by atoms with Crippen molar-refractivity contribution in [2.45, 2.75) is 13.5 Å². The fourth-order valence-electron chi connectivity index (χ4n) is 2.48. The fourth-order valence-corrected chi connectivity index (χ4v) is 3.70. The Morgan fingerprint density at radius 3 is 2.96 bits per heavy atom. The number of thiophene rings is 1. The normalized spacial score (nSPS) is 11.0. The van der Waals surface area contributed by atoms with Crippen LogP contribution < -0.4 is 10.9 Å². The van der Waals surface area contributed by atoms with Crippen LogP contribution in [0.25, 0.3) is 10.2 Å². The Hall–Kier alpha value is -2.22. The Balaban J connectivity index is 1.97. The van der Waals surface area contributed by atoms with Crippen LogP contribution in [-0.2, 0) is 11.3 Å². The van der Waals surface area contributed by atoms with Crippen molar-refractivity contribution in [3.8, 4) is 0 Å². The number of methoxy groups -OCH3 is 1. The first-order chi connectivity index (χ1) is 12.0. The van der Waals surface area contributed by atoms with Crippen molar-refractivity contribution in [1.29, 1.82) is 0 Å². The van der Waals surface area contributed by atoms with Crippen LogP contribution in [0.1, 0.15) is 15.2 Å². The molecule has 3 aromatic rings. The van der Waals surface area contributed by atoms with Crippen molar-refractivity contribution < 1.29 is 9.53 Å². The number of hydrogen-bond acceptors (Lipinski definition) is 5. The van der Waals surface area contributed by atoms with Crippen LogP contribution in [0.3, 0.4) is 0 Å². The van der Waals surface area contributed by atoms with Crippen molar-refractivity contribution >= 4 is 44.7 Å². The molecule has 0 unspecified atom stereocenters. The Labute approximate surface area is 153 Å². The number of anilines is 1. The summed E-state index contributed by atoms with van der Waals surface area (Å²) in [7, 11) is 1.57. The predicted octanol–water partition coefficient (Wildman–Crippen LogP) is 3.32. The number of aromatic nitrogens is 2. The zero-order chi connectivity index (χ0) is 18.0. The smallest absolute Gasteiger partial charge is 0.266 e. The van der Waals surface area contributed by atoms with Crippen LogP contribution in [0.15, 0.2) is 35.4 Å². The molecule has 8 heteroatoms. The molecule has 0 aliphatic carbocycles. The van der Waals surface area contributed by atoms with Gasteiger partial charge in [-0.25, -0.2) is 4.98 Å². The van der Waals surface area contributed by atoms with Gasteiger partial charge in [0.05, 0.1) is 29.7 Å². The number of ether oxygens (including phenoxy) is 1. The third kappa shape index (κ3) is 3.58. The monoisotopic (exact) mass is 377 g/mol. The zero-order valence-electron chi connectivity index (χ0n) is 13.7. The highest BCUT2D eigenvalue weighted by Gasteiger charge is 2.19. The van der Waals surface area contributed by atoms with Crippen LogP contribution in [0.5, 0.6) is 0 Å². The second-order valence-electron chi connectivity index (χ2n) is 5.44. The molecule has 1 aromatic carbocycles. The Bertz CT molecular complexity index is 996. The van der Waals surface area contributed by atoms with Crippen LogP contribution >= 0.6 is 22.9 Å². The lowest BCUT2D eigenvalue weighted by Gasteiger charge is -2.05. The van der Waals surface area contributed by atoms with Crippen LogP contribution in [-0.4, -0.2) is 29.2 Å². The summed E-state index contributed by atoms with van der Waals surface area (Å²) in [5, 5.41) is 3.81. The van der Waals surface area contributed by atoms with Crippen molar-refractivity contribution in [2.24, 2.45) is 0 Å². The molecule has 0 saturated heterocycles. The Morgan fingerprint density at radius 1 is 1.44 bits per heavy atom. The number of hydrogen-bond donors (Lipinski definition) is 1. The van der Waals surface area contributed by atoms with E-state index >= 15 is 0 Å². The molecule has 6 nitrogen and oxygen atoms in total. The second kappa shape index (κ2) is 7.35. The number of fused-ring (bicyclic) bond motifs is 1. The van der Waals surface area contributed by atoms with E-state index in [1.165, 1.54) is 22.2 Å². The molecule has 1 amide bonds. The molecule has 0 aliphatic heterocycles. The number of nitrogens with zero attached hydrogens (tertiary/aromatic N) is 2. The van der Waals surface area contributed by atoms with Gasteiger partial charge in [-0.2, -0.15) is 0 Å². The summed E-state index contributed by atoms with van der Waals surface area (Å²) in [6.07, 6.45) is 1.48. The zero-order valence-corrected chi connectivity index (χ0v) is 15.3. The first kappa shape index (κ1) is 17.6. The molecule has 2 aromatic heterocycles. The maximum Gasteiger partial charge on any atom is 0.266 e. The number of aryl methyl sites for hydroxylation is 1. The van der Waals surface area contributed by atoms with E-state index in [4.69, 9.17) is 16.3 Å². The number of amides is 1. The molecule has 0 atom stereocenters. The molecule has 1 N–H and O–H groups in total. The van der Waals surface area contributed by atoms with Crippen molar-refractivity contribution in [3.05, 3.63) is 56.4 Å². The van der Waals surface area contributed by atoms with Crippen molar-refractivity contribution in [2.75, 3.05) is 19.0 Å². The van der Waals surface area contributed by atoms with Gasteiger partial charge in [0.15, 0.2) is 0 Å². The number of benzene rings is 1. The van der Waals surface area contributed by atoms with Gasteiger partial charge in [0.25, 0.3) is 11.5 Å². The first-order valence-corrected chi connectivity index (χ1v) is 8.75. The van der Waals surface area contributed by atoms with E-state index in [1.54, 1.807) is 38.3 Å². The van der Waals surface area contributed by atoms with Gasteiger partial charge < -0.3 is 10.1 Å². The average molecular weight is 378 g/mol. The second-order valence-corrected chi connectivity index (χ2v) is 6.87. The van der Waals surface area contributed by atoms with Gasteiger partial charge in [0.1, 0.15) is 4.83 Å². The van der Waals surface area contributed by atoms with E-state index in [-0.39, 0.29) is 11.5 Å². The lowest BCUT2D eigenvalue weighted by atomic mass is 10.2. The van der Waals surface area contributed by atoms with Crippen molar-refractivity contribution in [3.63, 3.8) is 0 Å². The summed E-state index contributed by atoms with van der Waals surface area (Å²) in [6, 6.07) is 6.90. The van der Waals surface area contributed by atoms with E-state index in [9.17, 15) is 9.59 Å². The molecule has 2 heterocycles. The lowest BCUT2D eigenvalue weighted by molar-refractivity contribution is 0.103. The van der Waals surface area contributed by atoms with Gasteiger partial charge in [0.2, 0.25) is 0 Å². The molecule has 0 radical (unpaired) electrons. The van der Waals surface area contributed by atoms with Gasteiger partial charge in [-0.3, -0.25) is 14.2 Å². The maximum atomic E-state index is 12.6. The minimum absolute atomic E-state index is 0.169. The van der Waals surface area contributed by atoms with Gasteiger partial charge in [-0.15, -0.1) is 11.3 Å². The quantitative estimate of drug-likeness (QED) is 0.740. The van der Waals surface area contributed by atoms with Gasteiger partial charge >= 0.3 is 0 Å². The molecule has 0 saturated carbocycles. The SMILES string of the molecule is COCCn1cnc2sc(C(=O)Nc3cccc(Cl)c3)c(C)c2c1=O. The van der Waals surface area contributed by atoms with Gasteiger partial charge in [-0.05, 0) is 30.7 Å². The number of rotatable bonds is 5. The minimum Gasteiger partial charge on any atom is -0.383 e. The largest absolute Gasteiger partial charge is 0.383 e. The van der Waals surface area contributed by atoms with Crippen LogP contribution in [0, 0.1) is 6.92 Å². The summed E-state index contributed by atoms with van der Waals surface area (Å²) < 4.78 is 6.49. The maximum absolute atomic E-state index is 12.6. The van der Waals surface area contributed by atoms with E-state index < -0.39 is 0 Å². The molecule has 0 spiro atoms. The summed E-state index contributed by atoms with van der Waals surface area (Å²) in [5.41, 5.74) is 1.06. The van der Waals surface area contributed by atoms with Crippen molar-refractivity contribution in [1.82, 2.24) is 9.55 Å². The summed E-state index contributed by atoms with van der Waals surface area (Å²) >= 11 is 7.14. The molecular weight excluding hydrogens is 362 g/mol. The summed E-state index contributed by atoms with van der Waals surface area (Å²) in [6.45, 7) is 2.59. The summed E-state index contributed by atoms with van der Waals surface area (Å²) in [5.74, 6) is -0.286. The lowest BCUT2D eigenvalue weighted by Crippen LogP contribution is -2.22. The molecule has 25 heavy (non-hydrogen) atoms. The fraction of sp³-hybridized carbons (Fsp3) is 0.235. The highest BCUT2D eigenvalue weighted by molar-refractivity contribution is 7.20. The molecule has 0 aliphatic rings. The average Bonchev–Trinajstić information content (AvgIpc) is 2.92. The molecule has 130 valence electrons. The van der Waals surface area contributed by atoms with Gasteiger partial charge in [0, 0.05) is 17.8 Å². The summed E-state index contributed by atoms with van der Waals surface area (Å²) in [4.78, 5) is 30.5. The number of halogens is 1. The van der Waals surface area contributed by atoms with Crippen LogP contribution in [0.2, 0.25) is 5.02 Å². The minimum atomic E-state index is -0.286. The van der Waals surface area contributed by atoms with Gasteiger partial charge in [-0.1, -0.05) is 17.7 Å². The van der Waals surface area contributed by atoms with E-state index in [2.05, 4.69) is 10.3 Å². The van der Waals surface area contributed by atoms with E-state index in [1.807, 2.05) is 0 Å². The molecule has 0 bridgehead atoms.